The van der Waals surface area contributed by atoms with E-state index in [1.165, 1.54) is 9.80 Å². The Kier molecular flexibility index (Phi) is 5.77. The molecule has 2 aromatic rings. The molecular weight excluding hydrogens is 488 g/mol. The number of carbonyl (C=O) groups excluding carboxylic acids is 4. The smallest absolute Gasteiger partial charge is 0.248 e. The van der Waals surface area contributed by atoms with Gasteiger partial charge in [-0.15, -0.1) is 0 Å². The zero-order chi connectivity index (χ0) is 26.9. The highest BCUT2D eigenvalue weighted by Gasteiger charge is 2.73. The summed E-state index contributed by atoms with van der Waals surface area (Å²) < 4.78 is 10.7. The standard InChI is InChI=1S/C28H30N4O6/c1-5-29-25(33)19-21(15-7-11-17(37-3)12-8-15)32-24-20(26(34)30(6-2)28(24)36)22(31(32)23(19)27(29)35)16-9-13-18(38-4)14-10-16/h7-14,19-24H,5-6H2,1-4H3/t19-,20-,21+,22+,23+,24+/m0/s1. The van der Waals surface area contributed by atoms with Crippen molar-refractivity contribution in [3.63, 3.8) is 0 Å². The van der Waals surface area contributed by atoms with Crippen LogP contribution in [0, 0.1) is 11.8 Å². The average Bonchev–Trinajstić information content (AvgIpc) is 3.60. The number of rotatable bonds is 6. The second-order valence-electron chi connectivity index (χ2n) is 9.98. The van der Waals surface area contributed by atoms with Gasteiger partial charge in [0, 0.05) is 13.1 Å². The minimum absolute atomic E-state index is 0.258. The van der Waals surface area contributed by atoms with Crippen molar-refractivity contribution in [1.82, 2.24) is 19.8 Å². The molecule has 2 aromatic carbocycles. The first-order valence-corrected chi connectivity index (χ1v) is 12.9. The molecule has 4 aliphatic rings. The molecule has 0 aromatic heterocycles. The number of hydrogen-bond acceptors (Lipinski definition) is 8. The van der Waals surface area contributed by atoms with Gasteiger partial charge in [-0.05, 0) is 49.2 Å². The van der Waals surface area contributed by atoms with Crippen LogP contribution in [0.3, 0.4) is 0 Å². The van der Waals surface area contributed by atoms with Crippen LogP contribution in [0.1, 0.15) is 37.1 Å². The van der Waals surface area contributed by atoms with Crippen LogP contribution >= 0.6 is 0 Å². The fourth-order valence-corrected chi connectivity index (χ4v) is 6.84. The van der Waals surface area contributed by atoms with Crippen LogP contribution in [0.15, 0.2) is 48.5 Å². The minimum Gasteiger partial charge on any atom is -0.497 e. The van der Waals surface area contributed by atoms with E-state index in [4.69, 9.17) is 9.47 Å². The predicted molar refractivity (Wildman–Crippen MR) is 134 cm³/mol. The molecular formula is C28H30N4O6. The number of amides is 4. The summed E-state index contributed by atoms with van der Waals surface area (Å²) in [5.74, 6) is -1.22. The van der Waals surface area contributed by atoms with E-state index in [0.29, 0.717) is 11.5 Å². The zero-order valence-corrected chi connectivity index (χ0v) is 21.7. The molecule has 0 aliphatic carbocycles. The van der Waals surface area contributed by atoms with E-state index >= 15 is 0 Å². The molecule has 0 bridgehead atoms. The van der Waals surface area contributed by atoms with E-state index in [2.05, 4.69) is 0 Å². The van der Waals surface area contributed by atoms with Gasteiger partial charge in [-0.3, -0.25) is 29.0 Å². The van der Waals surface area contributed by atoms with E-state index in [1.54, 1.807) is 52.3 Å². The third-order valence-electron chi connectivity index (χ3n) is 8.45. The third kappa shape index (κ3) is 3.13. The number of methoxy groups -OCH3 is 2. The lowest BCUT2D eigenvalue weighted by Gasteiger charge is -2.35. The maximum atomic E-state index is 13.7. The fraction of sp³-hybridized carbons (Fsp3) is 0.429. The Balaban J connectivity index is 1.56. The van der Waals surface area contributed by atoms with Crippen LogP contribution in [0.4, 0.5) is 0 Å². The van der Waals surface area contributed by atoms with Crippen LogP contribution < -0.4 is 9.47 Å². The van der Waals surface area contributed by atoms with E-state index < -0.39 is 36.0 Å². The monoisotopic (exact) mass is 518 g/mol. The molecule has 4 saturated heterocycles. The Morgan fingerprint density at radius 1 is 0.553 bits per heavy atom. The molecule has 6 atom stereocenters. The summed E-state index contributed by atoms with van der Waals surface area (Å²) in [4.78, 5) is 57.5. The van der Waals surface area contributed by atoms with E-state index in [1.807, 2.05) is 34.3 Å². The van der Waals surface area contributed by atoms with Gasteiger partial charge in [-0.25, -0.2) is 10.0 Å². The number of benzene rings is 2. The first-order chi connectivity index (χ1) is 18.4. The van der Waals surface area contributed by atoms with Crippen LogP contribution in [0.25, 0.3) is 0 Å². The van der Waals surface area contributed by atoms with Crippen molar-refractivity contribution in [2.45, 2.75) is 38.0 Å². The van der Waals surface area contributed by atoms with Crippen LogP contribution in [0.2, 0.25) is 0 Å². The highest BCUT2D eigenvalue weighted by Crippen LogP contribution is 2.59. The Morgan fingerprint density at radius 2 is 0.895 bits per heavy atom. The first kappa shape index (κ1) is 24.6. The van der Waals surface area contributed by atoms with Crippen LogP contribution in [-0.2, 0) is 19.2 Å². The van der Waals surface area contributed by atoms with Crippen molar-refractivity contribution in [2.24, 2.45) is 11.8 Å². The third-order valence-corrected chi connectivity index (χ3v) is 8.45. The number of likely N-dealkylation sites (N-methyl/N-ethyl adjacent to an activating group) is 2. The number of hydrazine groups is 1. The van der Waals surface area contributed by atoms with Gasteiger partial charge in [-0.1, -0.05) is 24.3 Å². The Labute approximate surface area is 220 Å². The number of ether oxygens (including phenoxy) is 2. The summed E-state index contributed by atoms with van der Waals surface area (Å²) in [6.07, 6.45) is 0. The summed E-state index contributed by atoms with van der Waals surface area (Å²) in [6, 6.07) is 11.9. The molecule has 4 heterocycles. The van der Waals surface area contributed by atoms with Crippen molar-refractivity contribution >= 4 is 23.6 Å². The molecule has 4 fully saturated rings. The number of imide groups is 2. The fourth-order valence-electron chi connectivity index (χ4n) is 6.84. The van der Waals surface area contributed by atoms with E-state index in [0.717, 1.165) is 11.1 Å². The lowest BCUT2D eigenvalue weighted by atomic mass is 9.84. The molecule has 10 nitrogen and oxygen atoms in total. The van der Waals surface area contributed by atoms with Crippen molar-refractivity contribution in [1.29, 1.82) is 0 Å². The predicted octanol–water partition coefficient (Wildman–Crippen LogP) is 1.78. The van der Waals surface area contributed by atoms with E-state index in [-0.39, 0.29) is 36.7 Å². The molecule has 10 heteroatoms. The number of fused-ring (bicyclic) bond motifs is 5. The second-order valence-corrected chi connectivity index (χ2v) is 9.98. The molecule has 6 rings (SSSR count). The molecule has 4 amide bonds. The van der Waals surface area contributed by atoms with Crippen molar-refractivity contribution in [3.8, 4) is 11.5 Å². The van der Waals surface area contributed by atoms with Crippen molar-refractivity contribution in [2.75, 3.05) is 27.3 Å². The second kappa shape index (κ2) is 8.92. The molecule has 0 radical (unpaired) electrons. The Bertz CT molecular complexity index is 1210. The first-order valence-electron chi connectivity index (χ1n) is 12.9. The quantitative estimate of drug-likeness (QED) is 0.534. The summed E-state index contributed by atoms with van der Waals surface area (Å²) in [6.45, 7) is 4.08. The lowest BCUT2D eigenvalue weighted by molar-refractivity contribution is -0.152. The van der Waals surface area contributed by atoms with E-state index in [9.17, 15) is 19.2 Å². The van der Waals surface area contributed by atoms with Gasteiger partial charge in [0.25, 0.3) is 0 Å². The van der Waals surface area contributed by atoms with Gasteiger partial charge in [0.1, 0.15) is 23.6 Å². The van der Waals surface area contributed by atoms with Gasteiger partial charge >= 0.3 is 0 Å². The summed E-state index contributed by atoms with van der Waals surface area (Å²) in [5, 5.41) is 3.74. The van der Waals surface area contributed by atoms with Crippen molar-refractivity contribution < 1.29 is 28.7 Å². The van der Waals surface area contributed by atoms with Gasteiger partial charge in [0.15, 0.2) is 0 Å². The minimum atomic E-state index is -0.817. The van der Waals surface area contributed by atoms with Gasteiger partial charge < -0.3 is 9.47 Å². The molecule has 0 saturated carbocycles. The number of hydrogen-bond donors (Lipinski definition) is 0. The topological polar surface area (TPSA) is 99.7 Å². The zero-order valence-electron chi connectivity index (χ0n) is 21.7. The van der Waals surface area contributed by atoms with Crippen LogP contribution in [-0.4, -0.2) is 82.8 Å². The van der Waals surface area contributed by atoms with Crippen molar-refractivity contribution in [3.05, 3.63) is 59.7 Å². The molecule has 198 valence electrons. The summed E-state index contributed by atoms with van der Waals surface area (Å²) in [7, 11) is 3.15. The SMILES string of the molecule is CCN1C(=O)[C@H]2[C@@H](c3ccc(OC)cc3)N3[C@H]4C(=O)N(CC)C(=O)[C@H]4[C@@H](c4ccc(OC)cc4)N3[C@H]2C1=O. The molecule has 0 N–H and O–H groups in total. The van der Waals surface area contributed by atoms with Gasteiger partial charge in [-0.2, -0.15) is 0 Å². The summed E-state index contributed by atoms with van der Waals surface area (Å²) >= 11 is 0. The largest absolute Gasteiger partial charge is 0.497 e. The lowest BCUT2D eigenvalue weighted by Crippen LogP contribution is -2.50. The molecule has 4 aliphatic heterocycles. The Morgan fingerprint density at radius 3 is 1.18 bits per heavy atom. The Hall–Kier alpha value is -3.76. The van der Waals surface area contributed by atoms with Gasteiger partial charge in [0.05, 0.1) is 38.1 Å². The highest BCUT2D eigenvalue weighted by molar-refractivity contribution is 6.10. The number of likely N-dealkylation sites (tertiary alicyclic amines) is 2. The van der Waals surface area contributed by atoms with Crippen LogP contribution in [0.5, 0.6) is 11.5 Å². The maximum Gasteiger partial charge on any atom is 0.248 e. The molecule has 0 spiro atoms. The normalized spacial score (nSPS) is 30.7. The molecule has 38 heavy (non-hydrogen) atoms. The molecule has 0 unspecified atom stereocenters. The van der Waals surface area contributed by atoms with Gasteiger partial charge in [0.2, 0.25) is 23.6 Å². The summed E-state index contributed by atoms with van der Waals surface area (Å²) in [5.41, 5.74) is 1.57. The average molecular weight is 519 g/mol. The number of carbonyl (C=O) groups is 4. The number of nitrogens with zero attached hydrogens (tertiary/aromatic N) is 4. The highest BCUT2D eigenvalue weighted by atomic mass is 16.5. The maximum absolute atomic E-state index is 13.7.